The summed E-state index contributed by atoms with van der Waals surface area (Å²) in [6.45, 7) is 4.64. The van der Waals surface area contributed by atoms with Gasteiger partial charge in [-0.2, -0.15) is 0 Å². The summed E-state index contributed by atoms with van der Waals surface area (Å²) in [5.74, 6) is 0.238. The Kier molecular flexibility index (Phi) is 15.2. The highest BCUT2D eigenvalue weighted by atomic mass is 32.2. The van der Waals surface area contributed by atoms with E-state index in [1.165, 1.54) is 52.8 Å². The van der Waals surface area contributed by atoms with E-state index in [4.69, 9.17) is 4.74 Å². The van der Waals surface area contributed by atoms with Crippen LogP contribution in [-0.2, 0) is 16.1 Å². The van der Waals surface area contributed by atoms with Gasteiger partial charge in [0, 0.05) is 50.1 Å². The zero-order chi connectivity index (χ0) is 36.5. The molecule has 0 unspecified atom stereocenters. The van der Waals surface area contributed by atoms with E-state index in [9.17, 15) is 14.4 Å². The number of unbranched alkanes of at least 4 members (excludes halogenated alkanes) is 6. The lowest BCUT2D eigenvalue weighted by molar-refractivity contribution is -0.132. The summed E-state index contributed by atoms with van der Waals surface area (Å²) in [7, 11) is 2.05. The molecule has 0 saturated carbocycles. The van der Waals surface area contributed by atoms with Crippen LogP contribution in [0.1, 0.15) is 91.0 Å². The minimum atomic E-state index is -0.384. The average molecular weight is 717 g/mol. The third-order valence-corrected chi connectivity index (χ3v) is 10.5. The Balaban J connectivity index is 1.10. The van der Waals surface area contributed by atoms with Gasteiger partial charge in [-0.1, -0.05) is 118 Å². The molecule has 0 aliphatic heterocycles. The molecule has 0 aromatic heterocycles. The van der Waals surface area contributed by atoms with Crippen LogP contribution in [0.15, 0.2) is 109 Å². The van der Waals surface area contributed by atoms with Crippen LogP contribution in [0.3, 0.4) is 0 Å². The molecule has 0 spiro atoms. The van der Waals surface area contributed by atoms with E-state index in [1.807, 2.05) is 37.4 Å². The maximum Gasteiger partial charge on any atom is 0.338 e. The third-order valence-electron chi connectivity index (χ3n) is 9.59. The van der Waals surface area contributed by atoms with Crippen molar-refractivity contribution in [3.05, 3.63) is 126 Å². The van der Waals surface area contributed by atoms with Crippen LogP contribution in [0.2, 0.25) is 0 Å². The molecular weight excluding hydrogens is 665 g/mol. The number of anilines is 1. The minimum absolute atomic E-state index is 0.0503. The van der Waals surface area contributed by atoms with Crippen LogP contribution >= 0.6 is 11.8 Å². The minimum Gasteiger partial charge on any atom is -0.461 e. The van der Waals surface area contributed by atoms with Crippen molar-refractivity contribution in [2.75, 3.05) is 37.4 Å². The molecule has 0 atom stereocenters. The molecule has 0 heterocycles. The second-order valence-electron chi connectivity index (χ2n) is 13.4. The van der Waals surface area contributed by atoms with Gasteiger partial charge in [-0.3, -0.25) is 9.59 Å². The first-order valence-electron chi connectivity index (χ1n) is 18.8. The molecule has 7 heteroatoms. The van der Waals surface area contributed by atoms with Crippen molar-refractivity contribution in [2.45, 2.75) is 71.3 Å². The molecule has 0 aliphatic carbocycles. The van der Waals surface area contributed by atoms with Gasteiger partial charge < -0.3 is 14.5 Å². The maximum absolute atomic E-state index is 13.8. The summed E-state index contributed by atoms with van der Waals surface area (Å²) < 4.78 is 5.29. The summed E-state index contributed by atoms with van der Waals surface area (Å²) in [5.41, 5.74) is 3.35. The van der Waals surface area contributed by atoms with Gasteiger partial charge in [0.1, 0.15) is 6.61 Å². The largest absolute Gasteiger partial charge is 0.461 e. The maximum atomic E-state index is 13.8. The van der Waals surface area contributed by atoms with Gasteiger partial charge in [-0.25, -0.2) is 4.79 Å². The van der Waals surface area contributed by atoms with Crippen LogP contribution in [0.25, 0.3) is 21.5 Å². The number of hydrogen-bond donors (Lipinski definition) is 0. The van der Waals surface area contributed by atoms with E-state index < -0.39 is 0 Å². The van der Waals surface area contributed by atoms with Gasteiger partial charge in [-0.15, -0.1) is 0 Å². The number of thioether (sulfide) groups is 1. The predicted molar refractivity (Wildman–Crippen MR) is 217 cm³/mol. The number of amides is 1. The van der Waals surface area contributed by atoms with E-state index in [0.29, 0.717) is 29.8 Å². The molecule has 272 valence electrons. The number of carbonyl (C=O) groups excluding carboxylic acids is 3. The normalized spacial score (nSPS) is 11.1. The molecule has 0 saturated heterocycles. The Morgan fingerprint density at radius 1 is 0.654 bits per heavy atom. The van der Waals surface area contributed by atoms with Crippen molar-refractivity contribution in [1.29, 1.82) is 0 Å². The third kappa shape index (κ3) is 11.2. The van der Waals surface area contributed by atoms with Gasteiger partial charge in [0.05, 0.1) is 5.56 Å². The van der Waals surface area contributed by atoms with E-state index in [1.54, 1.807) is 24.3 Å². The number of fused-ring (bicyclic) bond motifs is 3. The van der Waals surface area contributed by atoms with E-state index in [-0.39, 0.29) is 23.6 Å². The van der Waals surface area contributed by atoms with E-state index >= 15 is 0 Å². The number of benzene rings is 5. The van der Waals surface area contributed by atoms with Crippen molar-refractivity contribution in [3.8, 4) is 0 Å². The Labute approximate surface area is 313 Å². The molecule has 0 N–H and O–H groups in total. The van der Waals surface area contributed by atoms with Gasteiger partial charge in [0.15, 0.2) is 0 Å². The SMILES string of the molecule is CCCCCCCCN(Cc1cc2ccccc2c2ccccc12)C(=O)CCCCN(C)c1ccc(C(=O)SCCOC(=O)c2ccccc2)cc1. The van der Waals surface area contributed by atoms with Gasteiger partial charge >= 0.3 is 5.97 Å². The number of hydrogen-bond acceptors (Lipinski definition) is 6. The number of nitrogens with zero attached hydrogens (tertiary/aromatic N) is 2. The lowest BCUT2D eigenvalue weighted by Crippen LogP contribution is -2.31. The summed E-state index contributed by atoms with van der Waals surface area (Å²) in [6.07, 6.45) is 9.42. The van der Waals surface area contributed by atoms with Crippen LogP contribution in [0, 0.1) is 0 Å². The molecule has 6 nitrogen and oxygen atoms in total. The lowest BCUT2D eigenvalue weighted by atomic mass is 9.97. The van der Waals surface area contributed by atoms with E-state index in [0.717, 1.165) is 56.2 Å². The summed E-state index contributed by atoms with van der Waals surface area (Å²) >= 11 is 1.15. The summed E-state index contributed by atoms with van der Waals surface area (Å²) in [6, 6.07) is 35.8. The van der Waals surface area contributed by atoms with Gasteiger partial charge in [0.2, 0.25) is 11.0 Å². The van der Waals surface area contributed by atoms with Crippen LogP contribution in [0.4, 0.5) is 5.69 Å². The number of rotatable bonds is 20. The monoisotopic (exact) mass is 716 g/mol. The van der Waals surface area contributed by atoms with Crippen molar-refractivity contribution in [2.24, 2.45) is 0 Å². The topological polar surface area (TPSA) is 66.9 Å². The highest BCUT2D eigenvalue weighted by molar-refractivity contribution is 8.14. The summed E-state index contributed by atoms with van der Waals surface area (Å²) in [4.78, 5) is 42.8. The molecule has 0 bridgehead atoms. The standard InChI is InChI=1S/C45H52N2O4S/c1-3-4-5-6-7-16-30-47(34-38-33-37-20-11-12-21-40(37)42-23-14-13-22-41(38)42)43(48)24-15-17-29-46(2)39-27-25-36(26-28-39)45(50)52-32-31-51-44(49)35-18-9-8-10-19-35/h8-14,18-23,25-28,33H,3-7,15-17,24,29-32,34H2,1-2H3. The van der Waals surface area contributed by atoms with Gasteiger partial charge in [-0.05, 0) is 88.8 Å². The average Bonchev–Trinajstić information content (AvgIpc) is 3.19. The van der Waals surface area contributed by atoms with Crippen molar-refractivity contribution in [1.82, 2.24) is 4.90 Å². The molecule has 5 rings (SSSR count). The fourth-order valence-electron chi connectivity index (χ4n) is 6.62. The molecule has 52 heavy (non-hydrogen) atoms. The fourth-order valence-corrected chi connectivity index (χ4v) is 7.27. The fraction of sp³-hybridized carbons (Fsp3) is 0.356. The predicted octanol–water partition coefficient (Wildman–Crippen LogP) is 10.7. The van der Waals surface area contributed by atoms with Crippen molar-refractivity contribution >= 4 is 56.0 Å². The van der Waals surface area contributed by atoms with E-state index in [2.05, 4.69) is 71.3 Å². The van der Waals surface area contributed by atoms with Crippen molar-refractivity contribution in [3.63, 3.8) is 0 Å². The lowest BCUT2D eigenvalue weighted by Gasteiger charge is -2.25. The Morgan fingerprint density at radius 2 is 1.31 bits per heavy atom. The first kappa shape index (κ1) is 38.6. The number of carbonyl (C=O) groups is 3. The molecule has 0 aliphatic rings. The molecule has 0 radical (unpaired) electrons. The van der Waals surface area contributed by atoms with Gasteiger partial charge in [0.25, 0.3) is 0 Å². The van der Waals surface area contributed by atoms with Crippen LogP contribution < -0.4 is 4.90 Å². The Morgan fingerprint density at radius 3 is 2.08 bits per heavy atom. The van der Waals surface area contributed by atoms with Crippen molar-refractivity contribution < 1.29 is 19.1 Å². The summed E-state index contributed by atoms with van der Waals surface area (Å²) in [5, 5.41) is 4.87. The molecule has 0 fully saturated rings. The molecule has 5 aromatic carbocycles. The number of esters is 1. The quantitative estimate of drug-likeness (QED) is 0.0454. The smallest absolute Gasteiger partial charge is 0.338 e. The van der Waals surface area contributed by atoms with Crippen LogP contribution in [-0.4, -0.2) is 54.4 Å². The number of ether oxygens (including phenoxy) is 1. The first-order chi connectivity index (χ1) is 25.4. The van der Waals surface area contributed by atoms with Crippen LogP contribution in [0.5, 0.6) is 0 Å². The highest BCUT2D eigenvalue weighted by Gasteiger charge is 2.17. The zero-order valence-corrected chi connectivity index (χ0v) is 31.5. The molecule has 5 aromatic rings. The first-order valence-corrected chi connectivity index (χ1v) is 19.8. The zero-order valence-electron chi connectivity index (χ0n) is 30.7. The second kappa shape index (κ2) is 20.4. The Bertz CT molecular complexity index is 1890. The highest BCUT2D eigenvalue weighted by Crippen LogP contribution is 2.30. The molecular formula is C45H52N2O4S. The second-order valence-corrected chi connectivity index (χ2v) is 14.5. The molecule has 1 amide bonds. The Hall–Kier alpha value is -4.62.